The highest BCUT2D eigenvalue weighted by Crippen LogP contribution is 2.19. The number of carbonyl (C=O) groups is 1. The van der Waals surface area contributed by atoms with Crippen LogP contribution in [0.5, 0.6) is 0 Å². The average Bonchev–Trinajstić information content (AvgIpc) is 2.68. The summed E-state index contributed by atoms with van der Waals surface area (Å²) < 4.78 is 4.88. The number of anilines is 1. The summed E-state index contributed by atoms with van der Waals surface area (Å²) in [5, 5.41) is 7.03. The molecular formula is C12H12ClN3O2. The lowest BCUT2D eigenvalue weighted by atomic mass is 10.2. The van der Waals surface area contributed by atoms with Crippen LogP contribution in [-0.4, -0.2) is 16.0 Å². The predicted molar refractivity (Wildman–Crippen MR) is 67.6 cm³/mol. The Bertz CT molecular complexity index is 580. The van der Waals surface area contributed by atoms with E-state index in [4.69, 9.17) is 16.1 Å². The molecule has 0 spiro atoms. The van der Waals surface area contributed by atoms with Gasteiger partial charge in [0, 0.05) is 10.7 Å². The molecule has 0 saturated heterocycles. The summed E-state index contributed by atoms with van der Waals surface area (Å²) in [6.07, 6.45) is 0.0584. The van der Waals surface area contributed by atoms with Gasteiger partial charge < -0.3 is 9.84 Å². The van der Waals surface area contributed by atoms with Crippen LogP contribution in [0, 0.1) is 13.8 Å². The molecule has 0 aliphatic heterocycles. The molecule has 1 heterocycles. The van der Waals surface area contributed by atoms with Gasteiger partial charge in [0.2, 0.25) is 11.8 Å². The van der Waals surface area contributed by atoms with E-state index in [-0.39, 0.29) is 12.3 Å². The molecular weight excluding hydrogens is 254 g/mol. The zero-order valence-corrected chi connectivity index (χ0v) is 10.8. The van der Waals surface area contributed by atoms with Crippen molar-refractivity contribution < 1.29 is 9.32 Å². The van der Waals surface area contributed by atoms with Crippen LogP contribution in [0.1, 0.15) is 17.3 Å². The van der Waals surface area contributed by atoms with E-state index in [0.717, 1.165) is 11.3 Å². The second kappa shape index (κ2) is 5.18. The molecule has 0 atom stereocenters. The number of nitrogens with zero attached hydrogens (tertiary/aromatic N) is 2. The Morgan fingerprint density at radius 3 is 2.83 bits per heavy atom. The number of amides is 1. The first-order valence-electron chi connectivity index (χ1n) is 5.40. The van der Waals surface area contributed by atoms with Crippen molar-refractivity contribution in [1.29, 1.82) is 0 Å². The number of halogens is 1. The Balaban J connectivity index is 2.03. The summed E-state index contributed by atoms with van der Waals surface area (Å²) in [7, 11) is 0. The molecule has 2 aromatic rings. The van der Waals surface area contributed by atoms with E-state index < -0.39 is 0 Å². The number of aromatic nitrogens is 2. The van der Waals surface area contributed by atoms with Gasteiger partial charge >= 0.3 is 0 Å². The summed E-state index contributed by atoms with van der Waals surface area (Å²) in [5.41, 5.74) is 1.62. The number of rotatable bonds is 3. The highest BCUT2D eigenvalue weighted by molar-refractivity contribution is 6.30. The van der Waals surface area contributed by atoms with Crippen LogP contribution in [-0.2, 0) is 11.2 Å². The maximum absolute atomic E-state index is 11.8. The number of aryl methyl sites for hydroxylation is 2. The minimum Gasteiger partial charge on any atom is -0.339 e. The molecule has 1 aromatic carbocycles. The molecule has 0 bridgehead atoms. The van der Waals surface area contributed by atoms with Crippen LogP contribution in [0.2, 0.25) is 5.02 Å². The van der Waals surface area contributed by atoms with Crippen molar-refractivity contribution in [3.8, 4) is 0 Å². The third kappa shape index (κ3) is 3.07. The molecule has 18 heavy (non-hydrogen) atoms. The van der Waals surface area contributed by atoms with Crippen LogP contribution in [0.25, 0.3) is 0 Å². The molecule has 0 unspecified atom stereocenters. The van der Waals surface area contributed by atoms with Crippen molar-refractivity contribution >= 4 is 23.2 Å². The van der Waals surface area contributed by atoms with Crippen molar-refractivity contribution in [2.24, 2.45) is 0 Å². The molecule has 6 heteroatoms. The monoisotopic (exact) mass is 265 g/mol. The van der Waals surface area contributed by atoms with Gasteiger partial charge in [0.1, 0.15) is 6.42 Å². The molecule has 94 valence electrons. The maximum Gasteiger partial charge on any atom is 0.236 e. The van der Waals surface area contributed by atoms with E-state index in [9.17, 15) is 4.79 Å². The Morgan fingerprint density at radius 1 is 1.44 bits per heavy atom. The summed E-state index contributed by atoms with van der Waals surface area (Å²) >= 11 is 5.84. The molecule has 5 nitrogen and oxygen atoms in total. The van der Waals surface area contributed by atoms with Crippen molar-refractivity contribution in [3.63, 3.8) is 0 Å². The van der Waals surface area contributed by atoms with Crippen LogP contribution < -0.4 is 5.32 Å². The summed E-state index contributed by atoms with van der Waals surface area (Å²) in [4.78, 5) is 15.7. The second-order valence-electron chi connectivity index (χ2n) is 3.92. The summed E-state index contributed by atoms with van der Waals surface area (Å²) in [6.45, 7) is 3.58. The van der Waals surface area contributed by atoms with Crippen molar-refractivity contribution in [2.75, 3.05) is 5.32 Å². The minimum absolute atomic E-state index is 0.0584. The standard InChI is InChI=1S/C12H12ClN3O2/c1-7-5-9(13)3-4-10(7)15-11(17)6-12-14-8(2)16-18-12/h3-5H,6H2,1-2H3,(H,15,17). The maximum atomic E-state index is 11.8. The van der Waals surface area contributed by atoms with Gasteiger partial charge in [0.15, 0.2) is 5.82 Å². The average molecular weight is 266 g/mol. The highest BCUT2D eigenvalue weighted by Gasteiger charge is 2.10. The van der Waals surface area contributed by atoms with Gasteiger partial charge in [-0.15, -0.1) is 0 Å². The lowest BCUT2D eigenvalue weighted by molar-refractivity contribution is -0.115. The Morgan fingerprint density at radius 2 is 2.22 bits per heavy atom. The van der Waals surface area contributed by atoms with Crippen molar-refractivity contribution in [3.05, 3.63) is 40.5 Å². The summed E-state index contributed by atoms with van der Waals surface area (Å²) in [5.74, 6) is 0.612. The van der Waals surface area contributed by atoms with Crippen molar-refractivity contribution in [2.45, 2.75) is 20.3 Å². The summed E-state index contributed by atoms with van der Waals surface area (Å²) in [6, 6.07) is 5.27. The van der Waals surface area contributed by atoms with Gasteiger partial charge in [-0.25, -0.2) is 0 Å². The third-order valence-corrected chi connectivity index (χ3v) is 2.58. The lowest BCUT2D eigenvalue weighted by Crippen LogP contribution is -2.15. The van der Waals surface area contributed by atoms with Crippen LogP contribution in [0.15, 0.2) is 22.7 Å². The number of hydrogen-bond acceptors (Lipinski definition) is 4. The molecule has 2 rings (SSSR count). The Labute approximate surface area is 109 Å². The fourth-order valence-corrected chi connectivity index (χ4v) is 1.74. The normalized spacial score (nSPS) is 10.4. The number of hydrogen-bond donors (Lipinski definition) is 1. The molecule has 0 saturated carbocycles. The number of nitrogens with one attached hydrogen (secondary N) is 1. The first-order valence-corrected chi connectivity index (χ1v) is 5.77. The van der Waals surface area contributed by atoms with E-state index in [1.165, 1.54) is 0 Å². The third-order valence-electron chi connectivity index (χ3n) is 2.34. The largest absolute Gasteiger partial charge is 0.339 e. The molecule has 1 amide bonds. The van der Waals surface area contributed by atoms with Gasteiger partial charge in [-0.2, -0.15) is 4.98 Å². The van der Waals surface area contributed by atoms with Crippen LogP contribution in [0.4, 0.5) is 5.69 Å². The molecule has 0 radical (unpaired) electrons. The quantitative estimate of drug-likeness (QED) is 0.926. The fraction of sp³-hybridized carbons (Fsp3) is 0.250. The number of carbonyl (C=O) groups excluding carboxylic acids is 1. The first kappa shape index (κ1) is 12.6. The van der Waals surface area contributed by atoms with Crippen molar-refractivity contribution in [1.82, 2.24) is 10.1 Å². The van der Waals surface area contributed by atoms with E-state index >= 15 is 0 Å². The first-order chi connectivity index (χ1) is 8.54. The fourth-order valence-electron chi connectivity index (χ4n) is 1.51. The van der Waals surface area contributed by atoms with Gasteiger partial charge in [-0.3, -0.25) is 4.79 Å². The molecule has 0 fully saturated rings. The van der Waals surface area contributed by atoms with E-state index in [1.807, 2.05) is 6.92 Å². The zero-order chi connectivity index (χ0) is 13.1. The Hall–Kier alpha value is -1.88. The lowest BCUT2D eigenvalue weighted by Gasteiger charge is -2.07. The predicted octanol–water partition coefficient (Wildman–Crippen LogP) is 2.52. The molecule has 1 N–H and O–H groups in total. The van der Waals surface area contributed by atoms with E-state index in [0.29, 0.717) is 16.7 Å². The topological polar surface area (TPSA) is 68.0 Å². The second-order valence-corrected chi connectivity index (χ2v) is 4.36. The van der Waals surface area contributed by atoms with Crippen LogP contribution in [0.3, 0.4) is 0 Å². The van der Waals surface area contributed by atoms with E-state index in [2.05, 4.69) is 15.5 Å². The van der Waals surface area contributed by atoms with Gasteiger partial charge in [-0.05, 0) is 37.6 Å². The zero-order valence-electron chi connectivity index (χ0n) is 10.0. The molecule has 0 aliphatic rings. The molecule has 0 aliphatic carbocycles. The minimum atomic E-state index is -0.205. The van der Waals surface area contributed by atoms with Gasteiger partial charge in [0.25, 0.3) is 0 Å². The SMILES string of the molecule is Cc1noc(CC(=O)Nc2ccc(Cl)cc2C)n1. The smallest absolute Gasteiger partial charge is 0.236 e. The molecule has 1 aromatic heterocycles. The Kier molecular flexibility index (Phi) is 3.62. The van der Waals surface area contributed by atoms with Crippen LogP contribution >= 0.6 is 11.6 Å². The highest BCUT2D eigenvalue weighted by atomic mass is 35.5. The number of benzene rings is 1. The van der Waals surface area contributed by atoms with Gasteiger partial charge in [0.05, 0.1) is 0 Å². The van der Waals surface area contributed by atoms with Gasteiger partial charge in [-0.1, -0.05) is 16.8 Å². The van der Waals surface area contributed by atoms with E-state index in [1.54, 1.807) is 25.1 Å².